The zero-order valence-electron chi connectivity index (χ0n) is 7.58. The molecule has 0 fully saturated rings. The number of nitrogens with zero attached hydrogens (tertiary/aromatic N) is 4. The Kier molecular flexibility index (Phi) is 2.82. The van der Waals surface area contributed by atoms with E-state index in [1.54, 1.807) is 11.6 Å². The van der Waals surface area contributed by atoms with Gasteiger partial charge in [0.25, 0.3) is 0 Å². The normalized spacial score (nSPS) is 10.7. The summed E-state index contributed by atoms with van der Waals surface area (Å²) in [4.78, 5) is 12.1. The Hall–Kier alpha value is -0.840. The van der Waals surface area contributed by atoms with Crippen molar-refractivity contribution in [3.8, 4) is 11.6 Å². The van der Waals surface area contributed by atoms with E-state index < -0.39 is 0 Å². The zero-order chi connectivity index (χ0) is 11.0. The van der Waals surface area contributed by atoms with Gasteiger partial charge in [-0.1, -0.05) is 34.8 Å². The van der Waals surface area contributed by atoms with Gasteiger partial charge in [-0.05, 0) is 0 Å². The molecule has 2 aromatic heterocycles. The average molecular weight is 264 g/mol. The number of aromatic nitrogens is 4. The molecule has 0 radical (unpaired) electrons. The van der Waals surface area contributed by atoms with E-state index in [1.165, 1.54) is 12.3 Å². The fourth-order valence-electron chi connectivity index (χ4n) is 1.09. The molecule has 0 aliphatic heterocycles. The summed E-state index contributed by atoms with van der Waals surface area (Å²) in [6.07, 6.45) is 1.51. The first-order chi connectivity index (χ1) is 7.08. The van der Waals surface area contributed by atoms with Crippen LogP contribution in [-0.2, 0) is 7.05 Å². The topological polar surface area (TPSA) is 43.6 Å². The number of halogens is 3. The van der Waals surface area contributed by atoms with Gasteiger partial charge >= 0.3 is 0 Å². The molecule has 0 aromatic carbocycles. The van der Waals surface area contributed by atoms with E-state index in [-0.39, 0.29) is 10.3 Å². The molecule has 7 heteroatoms. The summed E-state index contributed by atoms with van der Waals surface area (Å²) in [6, 6.07) is 1.46. The molecule has 0 N–H and O–H groups in total. The molecule has 2 rings (SSSR count). The number of hydrogen-bond acceptors (Lipinski definition) is 3. The Bertz CT molecular complexity index is 488. The molecule has 0 bridgehead atoms. The highest BCUT2D eigenvalue weighted by Crippen LogP contribution is 2.21. The van der Waals surface area contributed by atoms with Crippen LogP contribution in [0.3, 0.4) is 0 Å². The van der Waals surface area contributed by atoms with E-state index in [0.717, 1.165) is 0 Å². The molecule has 15 heavy (non-hydrogen) atoms. The Labute approximate surface area is 101 Å². The van der Waals surface area contributed by atoms with Crippen LogP contribution >= 0.6 is 34.8 Å². The highest BCUT2D eigenvalue weighted by atomic mass is 35.5. The minimum absolute atomic E-state index is 0.268. The van der Waals surface area contributed by atoms with Gasteiger partial charge in [0.15, 0.2) is 11.6 Å². The van der Waals surface area contributed by atoms with Crippen molar-refractivity contribution in [3.63, 3.8) is 0 Å². The molecule has 4 nitrogen and oxygen atoms in total. The Morgan fingerprint density at radius 3 is 2.20 bits per heavy atom. The lowest BCUT2D eigenvalue weighted by Crippen LogP contribution is -1.98. The summed E-state index contributed by atoms with van der Waals surface area (Å²) in [6.45, 7) is 0. The van der Waals surface area contributed by atoms with Crippen LogP contribution in [-0.4, -0.2) is 19.5 Å². The van der Waals surface area contributed by atoms with Gasteiger partial charge in [-0.2, -0.15) is 0 Å². The summed E-state index contributed by atoms with van der Waals surface area (Å²) in [7, 11) is 1.75. The number of hydrogen-bond donors (Lipinski definition) is 0. The maximum absolute atomic E-state index is 5.84. The minimum atomic E-state index is 0.268. The molecule has 2 heterocycles. The fraction of sp³-hybridized carbons (Fsp3) is 0.125. The summed E-state index contributed by atoms with van der Waals surface area (Å²) in [5.41, 5.74) is 0. The van der Waals surface area contributed by atoms with Crippen LogP contribution in [0.5, 0.6) is 0 Å². The molecular formula is C8H5Cl3N4. The number of rotatable bonds is 1. The SMILES string of the molecule is Cn1c(Cl)cnc1-c1nc(Cl)cc(Cl)n1. The highest BCUT2D eigenvalue weighted by molar-refractivity contribution is 6.33. The van der Waals surface area contributed by atoms with Gasteiger partial charge in [-0.3, -0.25) is 0 Å². The van der Waals surface area contributed by atoms with Gasteiger partial charge in [0.2, 0.25) is 0 Å². The van der Waals surface area contributed by atoms with Crippen LogP contribution in [0.25, 0.3) is 11.6 Å². The van der Waals surface area contributed by atoms with Gasteiger partial charge in [-0.15, -0.1) is 0 Å². The van der Waals surface area contributed by atoms with E-state index in [1.807, 2.05) is 0 Å². The monoisotopic (exact) mass is 262 g/mol. The van der Waals surface area contributed by atoms with Crippen LogP contribution in [0.1, 0.15) is 0 Å². The standard InChI is InChI=1S/C8H5Cl3N4/c1-15-6(11)3-12-8(15)7-13-4(9)2-5(10)14-7/h2-3H,1H3. The maximum Gasteiger partial charge on any atom is 0.198 e. The van der Waals surface area contributed by atoms with Crippen LogP contribution in [0.15, 0.2) is 12.3 Å². The highest BCUT2D eigenvalue weighted by Gasteiger charge is 2.11. The Morgan fingerprint density at radius 2 is 1.73 bits per heavy atom. The van der Waals surface area contributed by atoms with Crippen molar-refractivity contribution in [2.75, 3.05) is 0 Å². The molecule has 0 saturated carbocycles. The van der Waals surface area contributed by atoms with Crippen molar-refractivity contribution in [3.05, 3.63) is 27.7 Å². The third-order valence-corrected chi connectivity index (χ3v) is 2.53. The summed E-state index contributed by atoms with van der Waals surface area (Å²) in [5, 5.41) is 1.03. The van der Waals surface area contributed by atoms with Gasteiger partial charge in [0, 0.05) is 13.1 Å². The third kappa shape index (κ3) is 2.07. The van der Waals surface area contributed by atoms with Gasteiger partial charge in [0.1, 0.15) is 15.5 Å². The second-order valence-corrected chi connectivity index (χ2v) is 3.96. The molecule has 2 aromatic rings. The molecule has 0 aliphatic rings. The van der Waals surface area contributed by atoms with E-state index in [4.69, 9.17) is 34.8 Å². The van der Waals surface area contributed by atoms with Crippen molar-refractivity contribution < 1.29 is 0 Å². The van der Waals surface area contributed by atoms with Crippen molar-refractivity contribution in [2.24, 2.45) is 7.05 Å². The first kappa shape index (κ1) is 10.7. The molecular weight excluding hydrogens is 258 g/mol. The second-order valence-electron chi connectivity index (χ2n) is 2.80. The molecule has 0 unspecified atom stereocenters. The van der Waals surface area contributed by atoms with Crippen molar-refractivity contribution in [2.45, 2.75) is 0 Å². The van der Waals surface area contributed by atoms with E-state index in [9.17, 15) is 0 Å². The molecule has 0 saturated heterocycles. The van der Waals surface area contributed by atoms with E-state index in [2.05, 4.69) is 15.0 Å². The van der Waals surface area contributed by atoms with Gasteiger partial charge < -0.3 is 4.57 Å². The Balaban J connectivity index is 2.58. The minimum Gasteiger partial charge on any atom is -0.316 e. The third-order valence-electron chi connectivity index (χ3n) is 1.80. The summed E-state index contributed by atoms with van der Waals surface area (Å²) in [5.74, 6) is 0.867. The number of imidazole rings is 1. The predicted octanol–water partition coefficient (Wildman–Crippen LogP) is 2.84. The second kappa shape index (κ2) is 3.96. The lowest BCUT2D eigenvalue weighted by Gasteiger charge is -2.01. The summed E-state index contributed by atoms with van der Waals surface area (Å²) < 4.78 is 1.64. The van der Waals surface area contributed by atoms with Gasteiger partial charge in [0.05, 0.1) is 6.20 Å². The van der Waals surface area contributed by atoms with Gasteiger partial charge in [-0.25, -0.2) is 15.0 Å². The fourth-order valence-corrected chi connectivity index (χ4v) is 1.64. The molecule has 78 valence electrons. The maximum atomic E-state index is 5.84. The van der Waals surface area contributed by atoms with Crippen molar-refractivity contribution in [1.82, 2.24) is 19.5 Å². The van der Waals surface area contributed by atoms with Crippen LogP contribution in [0.4, 0.5) is 0 Å². The zero-order valence-corrected chi connectivity index (χ0v) is 9.85. The molecule has 0 atom stereocenters. The molecule has 0 aliphatic carbocycles. The lowest BCUT2D eigenvalue weighted by atomic mass is 10.5. The first-order valence-corrected chi connectivity index (χ1v) is 5.09. The Morgan fingerprint density at radius 1 is 1.13 bits per heavy atom. The molecule has 0 amide bonds. The average Bonchev–Trinajstić information content (AvgIpc) is 2.46. The van der Waals surface area contributed by atoms with E-state index in [0.29, 0.717) is 16.8 Å². The molecule has 0 spiro atoms. The first-order valence-electron chi connectivity index (χ1n) is 3.95. The lowest BCUT2D eigenvalue weighted by molar-refractivity contribution is 0.907. The van der Waals surface area contributed by atoms with Crippen molar-refractivity contribution >= 4 is 34.8 Å². The quantitative estimate of drug-likeness (QED) is 0.743. The summed E-state index contributed by atoms with van der Waals surface area (Å²) >= 11 is 17.3. The van der Waals surface area contributed by atoms with Crippen LogP contribution in [0, 0.1) is 0 Å². The van der Waals surface area contributed by atoms with E-state index >= 15 is 0 Å². The predicted molar refractivity (Wildman–Crippen MR) is 59.3 cm³/mol. The smallest absolute Gasteiger partial charge is 0.198 e. The largest absolute Gasteiger partial charge is 0.316 e. The van der Waals surface area contributed by atoms with Crippen LogP contribution in [0.2, 0.25) is 15.5 Å². The van der Waals surface area contributed by atoms with Crippen LogP contribution < -0.4 is 0 Å². The van der Waals surface area contributed by atoms with Crippen molar-refractivity contribution in [1.29, 1.82) is 0 Å².